The number of hydrogen-bond donors (Lipinski definition) is 1. The Hall–Kier alpha value is -0.120. The molecule has 0 radical (unpaired) electrons. The summed E-state index contributed by atoms with van der Waals surface area (Å²) in [6.07, 6.45) is 2.71. The maximum absolute atomic E-state index is 3.71. The lowest BCUT2D eigenvalue weighted by Gasteiger charge is -2.29. The highest BCUT2D eigenvalue weighted by Crippen LogP contribution is 2.20. The first-order valence-electron chi connectivity index (χ1n) is 8.26. The molecule has 2 heterocycles. The Morgan fingerprint density at radius 1 is 1.11 bits per heavy atom. The minimum absolute atomic E-state index is 0.685. The Labute approximate surface area is 119 Å². The summed E-state index contributed by atoms with van der Waals surface area (Å²) in [7, 11) is 0. The summed E-state index contributed by atoms with van der Waals surface area (Å²) in [6.45, 7) is 17.0. The first-order valence-corrected chi connectivity index (χ1v) is 8.26. The molecule has 3 nitrogen and oxygen atoms in total. The number of hydrogen-bond acceptors (Lipinski definition) is 3. The summed E-state index contributed by atoms with van der Waals surface area (Å²) < 4.78 is 0. The molecular weight excluding hydrogens is 234 g/mol. The van der Waals surface area contributed by atoms with Gasteiger partial charge < -0.3 is 15.1 Å². The molecule has 0 saturated carbocycles. The molecule has 0 bridgehead atoms. The van der Waals surface area contributed by atoms with Crippen molar-refractivity contribution >= 4 is 0 Å². The molecule has 0 aromatic carbocycles. The van der Waals surface area contributed by atoms with Crippen LogP contribution >= 0.6 is 0 Å². The Balaban J connectivity index is 1.81. The molecule has 2 fully saturated rings. The number of likely N-dealkylation sites (tertiary alicyclic amines) is 1. The molecule has 2 rings (SSSR count). The summed E-state index contributed by atoms with van der Waals surface area (Å²) >= 11 is 0. The molecule has 2 atom stereocenters. The van der Waals surface area contributed by atoms with E-state index in [-0.39, 0.29) is 0 Å². The lowest BCUT2D eigenvalue weighted by Crippen LogP contribution is -2.43. The topological polar surface area (TPSA) is 18.5 Å². The van der Waals surface area contributed by atoms with Crippen LogP contribution in [0, 0.1) is 11.8 Å². The summed E-state index contributed by atoms with van der Waals surface area (Å²) in [6, 6.07) is 1.41. The van der Waals surface area contributed by atoms with E-state index in [9.17, 15) is 0 Å². The van der Waals surface area contributed by atoms with Gasteiger partial charge in [-0.25, -0.2) is 0 Å². The van der Waals surface area contributed by atoms with Gasteiger partial charge in [-0.05, 0) is 58.2 Å². The van der Waals surface area contributed by atoms with E-state index in [4.69, 9.17) is 0 Å². The van der Waals surface area contributed by atoms with Crippen molar-refractivity contribution in [1.29, 1.82) is 0 Å². The predicted octanol–water partition coefficient (Wildman–Crippen LogP) is 2.04. The van der Waals surface area contributed by atoms with Crippen molar-refractivity contribution in [3.8, 4) is 0 Å². The van der Waals surface area contributed by atoms with Crippen LogP contribution in [0.4, 0.5) is 0 Å². The molecule has 0 spiro atoms. The molecule has 2 aliphatic rings. The number of nitrogens with zero attached hydrogens (tertiary/aromatic N) is 2. The van der Waals surface area contributed by atoms with Crippen molar-refractivity contribution in [3.05, 3.63) is 0 Å². The zero-order valence-corrected chi connectivity index (χ0v) is 13.4. The molecule has 19 heavy (non-hydrogen) atoms. The van der Waals surface area contributed by atoms with Gasteiger partial charge >= 0.3 is 0 Å². The van der Waals surface area contributed by atoms with Gasteiger partial charge in [-0.1, -0.05) is 13.8 Å². The van der Waals surface area contributed by atoms with E-state index in [0.717, 1.165) is 17.9 Å². The van der Waals surface area contributed by atoms with Gasteiger partial charge in [0.25, 0.3) is 0 Å². The molecule has 0 aliphatic carbocycles. The minimum Gasteiger partial charge on any atom is -0.312 e. The highest BCUT2D eigenvalue weighted by atomic mass is 15.2. The normalized spacial score (nSPS) is 31.3. The Bertz CT molecular complexity index is 265. The zero-order valence-electron chi connectivity index (χ0n) is 13.4. The largest absolute Gasteiger partial charge is 0.312 e. The smallest absolute Gasteiger partial charge is 0.0217 e. The van der Waals surface area contributed by atoms with Crippen LogP contribution in [-0.4, -0.2) is 61.2 Å². The van der Waals surface area contributed by atoms with Crippen LogP contribution in [0.25, 0.3) is 0 Å². The van der Waals surface area contributed by atoms with Crippen LogP contribution < -0.4 is 5.32 Å². The van der Waals surface area contributed by atoms with Crippen LogP contribution in [0.1, 0.15) is 40.5 Å². The van der Waals surface area contributed by atoms with E-state index in [1.807, 2.05) is 0 Å². The summed E-state index contributed by atoms with van der Waals surface area (Å²) in [5.74, 6) is 1.64. The number of rotatable bonds is 4. The van der Waals surface area contributed by atoms with Gasteiger partial charge in [-0.15, -0.1) is 0 Å². The van der Waals surface area contributed by atoms with Crippen LogP contribution in [-0.2, 0) is 0 Å². The second-order valence-corrected chi connectivity index (χ2v) is 7.16. The van der Waals surface area contributed by atoms with E-state index in [1.165, 1.54) is 52.1 Å². The van der Waals surface area contributed by atoms with Gasteiger partial charge in [0.1, 0.15) is 0 Å². The fourth-order valence-electron chi connectivity index (χ4n) is 3.48. The summed E-state index contributed by atoms with van der Waals surface area (Å²) in [5, 5.41) is 3.71. The van der Waals surface area contributed by atoms with Crippen LogP contribution in [0.5, 0.6) is 0 Å². The van der Waals surface area contributed by atoms with Gasteiger partial charge in [0.05, 0.1) is 0 Å². The Morgan fingerprint density at radius 2 is 1.89 bits per heavy atom. The third-order valence-corrected chi connectivity index (χ3v) is 4.88. The van der Waals surface area contributed by atoms with E-state index < -0.39 is 0 Å². The molecule has 3 heteroatoms. The monoisotopic (exact) mass is 267 g/mol. The summed E-state index contributed by atoms with van der Waals surface area (Å²) in [4.78, 5) is 5.36. The molecule has 0 amide bonds. The van der Waals surface area contributed by atoms with E-state index >= 15 is 0 Å². The molecule has 2 aliphatic heterocycles. The lowest BCUT2D eigenvalue weighted by molar-refractivity contribution is 0.202. The third kappa shape index (κ3) is 4.44. The lowest BCUT2D eigenvalue weighted by atomic mass is 10.0. The van der Waals surface area contributed by atoms with Crippen molar-refractivity contribution in [2.24, 2.45) is 11.8 Å². The van der Waals surface area contributed by atoms with Crippen molar-refractivity contribution in [2.75, 3.05) is 39.3 Å². The molecule has 2 saturated heterocycles. The van der Waals surface area contributed by atoms with Crippen molar-refractivity contribution in [3.63, 3.8) is 0 Å². The number of nitrogens with one attached hydrogen (secondary N) is 1. The van der Waals surface area contributed by atoms with Gasteiger partial charge in [-0.2, -0.15) is 0 Å². The second-order valence-electron chi connectivity index (χ2n) is 7.16. The van der Waals surface area contributed by atoms with Crippen LogP contribution in [0.3, 0.4) is 0 Å². The molecule has 0 aromatic heterocycles. The maximum Gasteiger partial charge on any atom is 0.0217 e. The fourth-order valence-corrected chi connectivity index (χ4v) is 3.48. The average molecular weight is 267 g/mol. The standard InChI is InChI=1S/C16H33N3/c1-13(2)16-12-18(8-5-7-17-16)10-15-6-9-19(11-15)14(3)4/h13-17H,5-12H2,1-4H3. The Morgan fingerprint density at radius 3 is 2.53 bits per heavy atom. The van der Waals surface area contributed by atoms with Gasteiger partial charge in [0, 0.05) is 31.7 Å². The SMILES string of the molecule is CC(C)C1CN(CC2CCN(C(C)C)C2)CCCN1. The second kappa shape index (κ2) is 7.05. The zero-order chi connectivity index (χ0) is 13.8. The first kappa shape index (κ1) is 15.3. The molecule has 2 unspecified atom stereocenters. The first-order chi connectivity index (χ1) is 9.06. The van der Waals surface area contributed by atoms with Gasteiger partial charge in [0.2, 0.25) is 0 Å². The fraction of sp³-hybridized carbons (Fsp3) is 1.00. The van der Waals surface area contributed by atoms with Crippen molar-refractivity contribution < 1.29 is 0 Å². The molecular formula is C16H33N3. The van der Waals surface area contributed by atoms with Crippen LogP contribution in [0.15, 0.2) is 0 Å². The quantitative estimate of drug-likeness (QED) is 0.841. The molecule has 1 N–H and O–H groups in total. The predicted molar refractivity (Wildman–Crippen MR) is 82.5 cm³/mol. The summed E-state index contributed by atoms with van der Waals surface area (Å²) in [5.41, 5.74) is 0. The van der Waals surface area contributed by atoms with E-state index in [1.54, 1.807) is 0 Å². The average Bonchev–Trinajstić information content (AvgIpc) is 2.68. The minimum atomic E-state index is 0.685. The van der Waals surface area contributed by atoms with E-state index in [0.29, 0.717) is 6.04 Å². The third-order valence-electron chi connectivity index (χ3n) is 4.88. The van der Waals surface area contributed by atoms with E-state index in [2.05, 4.69) is 42.8 Å². The highest BCUT2D eigenvalue weighted by molar-refractivity contribution is 4.84. The Kier molecular flexibility index (Phi) is 5.67. The molecule has 112 valence electrons. The van der Waals surface area contributed by atoms with Crippen molar-refractivity contribution in [2.45, 2.75) is 52.6 Å². The van der Waals surface area contributed by atoms with Crippen LogP contribution in [0.2, 0.25) is 0 Å². The van der Waals surface area contributed by atoms with Gasteiger partial charge in [-0.3, -0.25) is 0 Å². The van der Waals surface area contributed by atoms with Gasteiger partial charge in [0.15, 0.2) is 0 Å². The maximum atomic E-state index is 3.71. The highest BCUT2D eigenvalue weighted by Gasteiger charge is 2.27. The molecule has 0 aromatic rings. The van der Waals surface area contributed by atoms with Crippen molar-refractivity contribution in [1.82, 2.24) is 15.1 Å².